The topological polar surface area (TPSA) is 193 Å². The van der Waals surface area contributed by atoms with Crippen LogP contribution in [0.4, 0.5) is 0 Å². The minimum absolute atomic E-state index is 0.141. The first-order chi connectivity index (χ1) is 33.7. The second-order valence-corrected chi connectivity index (χ2v) is 17.3. The fraction of sp³-hybridized carbons (Fsp3) is 0.358. The van der Waals surface area contributed by atoms with Gasteiger partial charge in [0, 0.05) is 73.5 Å². The molecule has 2 aliphatic heterocycles. The molecule has 69 heavy (non-hydrogen) atoms. The average Bonchev–Trinajstić information content (AvgIpc) is 4.06. The van der Waals surface area contributed by atoms with E-state index in [1.54, 1.807) is 22.2 Å². The van der Waals surface area contributed by atoms with Crippen LogP contribution >= 0.6 is 0 Å². The highest BCUT2D eigenvalue weighted by molar-refractivity contribution is 5.91. The molecule has 4 amide bonds. The van der Waals surface area contributed by atoms with Gasteiger partial charge < -0.3 is 49.3 Å². The monoisotopic (exact) mass is 936 g/mol. The molecule has 0 aliphatic carbocycles. The van der Waals surface area contributed by atoms with E-state index in [9.17, 15) is 19.2 Å². The molecule has 4 N–H and O–H groups in total. The van der Waals surface area contributed by atoms with Crippen molar-refractivity contribution < 1.29 is 38.1 Å². The third-order valence-electron chi connectivity index (χ3n) is 12.3. The summed E-state index contributed by atoms with van der Waals surface area (Å²) in [6.45, 7) is 6.64. The molecule has 4 aromatic carbocycles. The summed E-state index contributed by atoms with van der Waals surface area (Å²) in [5.74, 6) is 1.72. The first-order valence-electron chi connectivity index (χ1n) is 23.6. The number of benzene rings is 4. The van der Waals surface area contributed by atoms with E-state index in [2.05, 4.69) is 39.7 Å². The van der Waals surface area contributed by atoms with Crippen LogP contribution in [0.5, 0.6) is 11.5 Å². The smallest absolute Gasteiger partial charge is 0.250 e. The van der Waals surface area contributed by atoms with E-state index >= 15 is 0 Å². The molecular weight excluding hydrogens is 877 g/mol. The summed E-state index contributed by atoms with van der Waals surface area (Å²) in [5, 5.41) is 5.87. The van der Waals surface area contributed by atoms with Crippen LogP contribution in [-0.2, 0) is 55.0 Å². The number of carbonyl (C=O) groups is 4. The van der Waals surface area contributed by atoms with Gasteiger partial charge in [-0.3, -0.25) is 19.2 Å². The van der Waals surface area contributed by atoms with Gasteiger partial charge in [0.1, 0.15) is 48.4 Å². The SMILES string of the molecule is CCCCN(Cc1ncc(-c2cc3c4c(c2)OCc2cc(-c5cnc(CN(CCC)C(=O)C(NC(=O)CCOC)c6ccccc6)[nH]5)cc(c2-4)OC3)[nH]1)C(=O)C(NC(=O)CCOC)c1ccccc1. The predicted octanol–water partition coefficient (Wildman–Crippen LogP) is 7.57. The van der Waals surface area contributed by atoms with Gasteiger partial charge in [0.15, 0.2) is 0 Å². The Kier molecular flexibility index (Phi) is 15.8. The highest BCUT2D eigenvalue weighted by Crippen LogP contribution is 2.50. The molecule has 2 aromatic heterocycles. The standard InChI is InChI=1S/C53H60N8O8/c1-5-7-21-61(53(65)51(35-16-12-9-13-17-35)59-47(63)19-23-67-4)31-45-55-29-41(57-45)37-25-39-33-68-42-26-36(24-38-32-69-43(27-37)49(39)48(38)42)40-28-54-44(56-40)30-60(20-6-2)52(64)50(34-14-10-8-11-15-34)58-46(62)18-22-66-3/h8-17,24-29,50-51H,5-7,18-23,30-33H2,1-4H3,(H,54,56)(H,55,57)(H,58,62)(H,59,63). The predicted molar refractivity (Wildman–Crippen MR) is 259 cm³/mol. The Morgan fingerprint density at radius 2 is 1.09 bits per heavy atom. The lowest BCUT2D eigenvalue weighted by molar-refractivity contribution is -0.137. The summed E-state index contributed by atoms with van der Waals surface area (Å²) in [4.78, 5) is 73.9. The number of carbonyl (C=O) groups excluding carboxylic acids is 4. The summed E-state index contributed by atoms with van der Waals surface area (Å²) in [6, 6.07) is 25.0. The fourth-order valence-electron chi connectivity index (χ4n) is 8.77. The van der Waals surface area contributed by atoms with Crippen LogP contribution in [0.1, 0.15) is 91.9 Å². The maximum absolute atomic E-state index is 14.3. The van der Waals surface area contributed by atoms with Crippen molar-refractivity contribution in [2.75, 3.05) is 40.5 Å². The second-order valence-electron chi connectivity index (χ2n) is 17.3. The van der Waals surface area contributed by atoms with Gasteiger partial charge in [0.2, 0.25) is 23.6 Å². The largest absolute Gasteiger partial charge is 0.488 e. The van der Waals surface area contributed by atoms with Crippen LogP contribution in [0.3, 0.4) is 0 Å². The lowest BCUT2D eigenvalue weighted by Crippen LogP contribution is -2.43. The van der Waals surface area contributed by atoms with E-state index in [1.165, 1.54) is 14.2 Å². The normalized spacial score (nSPS) is 13.0. The Morgan fingerprint density at radius 1 is 0.638 bits per heavy atom. The van der Waals surface area contributed by atoms with Crippen molar-refractivity contribution in [3.63, 3.8) is 0 Å². The first-order valence-corrected chi connectivity index (χ1v) is 23.6. The van der Waals surface area contributed by atoms with E-state index in [-0.39, 0.29) is 62.8 Å². The highest BCUT2D eigenvalue weighted by atomic mass is 16.5. The summed E-state index contributed by atoms with van der Waals surface area (Å²) >= 11 is 0. The minimum Gasteiger partial charge on any atom is -0.488 e. The van der Waals surface area contributed by atoms with E-state index in [1.807, 2.05) is 79.7 Å². The van der Waals surface area contributed by atoms with Crippen molar-refractivity contribution in [2.45, 2.75) is 84.3 Å². The van der Waals surface area contributed by atoms with Crippen LogP contribution in [0.15, 0.2) is 97.3 Å². The van der Waals surface area contributed by atoms with Gasteiger partial charge in [-0.05, 0) is 48.2 Å². The van der Waals surface area contributed by atoms with E-state index in [4.69, 9.17) is 28.9 Å². The van der Waals surface area contributed by atoms with Crippen LogP contribution < -0.4 is 20.1 Å². The zero-order valence-corrected chi connectivity index (χ0v) is 39.6. The molecule has 2 atom stereocenters. The molecule has 0 spiro atoms. The molecular formula is C53H60N8O8. The Hall–Kier alpha value is -7.30. The van der Waals surface area contributed by atoms with Crippen LogP contribution in [0.25, 0.3) is 33.6 Å². The van der Waals surface area contributed by atoms with Gasteiger partial charge in [-0.2, -0.15) is 0 Å². The second kappa shape index (κ2) is 22.7. The summed E-state index contributed by atoms with van der Waals surface area (Å²) in [5.41, 5.74) is 8.61. The number of aromatic nitrogens is 4. The van der Waals surface area contributed by atoms with Crippen molar-refractivity contribution in [2.24, 2.45) is 0 Å². The van der Waals surface area contributed by atoms with Crippen molar-refractivity contribution in [1.82, 2.24) is 40.4 Å². The van der Waals surface area contributed by atoms with Crippen LogP contribution in [0.2, 0.25) is 0 Å². The van der Waals surface area contributed by atoms with E-state index < -0.39 is 12.1 Å². The van der Waals surface area contributed by atoms with Crippen molar-refractivity contribution in [1.29, 1.82) is 0 Å². The summed E-state index contributed by atoms with van der Waals surface area (Å²) in [6.07, 6.45) is 6.20. The molecule has 4 heterocycles. The molecule has 360 valence electrons. The Labute approximate surface area is 402 Å². The number of rotatable bonds is 23. The highest BCUT2D eigenvalue weighted by Gasteiger charge is 2.32. The lowest BCUT2D eigenvalue weighted by atomic mass is 9.87. The number of nitrogens with zero attached hydrogens (tertiary/aromatic N) is 4. The summed E-state index contributed by atoms with van der Waals surface area (Å²) in [7, 11) is 3.08. The Balaban J connectivity index is 0.989. The average molecular weight is 937 g/mol. The van der Waals surface area contributed by atoms with Gasteiger partial charge in [-0.15, -0.1) is 0 Å². The molecule has 0 saturated heterocycles. The number of aromatic amines is 2. The Morgan fingerprint density at radius 3 is 1.51 bits per heavy atom. The molecule has 6 aromatic rings. The number of imidazole rings is 2. The third kappa shape index (κ3) is 11.4. The molecule has 16 heteroatoms. The first kappa shape index (κ1) is 48.2. The van der Waals surface area contributed by atoms with Crippen molar-refractivity contribution in [3.05, 3.63) is 131 Å². The van der Waals surface area contributed by atoms with Gasteiger partial charge in [-0.1, -0.05) is 80.9 Å². The fourth-order valence-corrected chi connectivity index (χ4v) is 8.77. The lowest BCUT2D eigenvalue weighted by Gasteiger charge is -2.30. The zero-order valence-electron chi connectivity index (χ0n) is 39.6. The van der Waals surface area contributed by atoms with E-state index in [0.717, 1.165) is 69.1 Å². The molecule has 2 unspecified atom stereocenters. The molecule has 16 nitrogen and oxygen atoms in total. The van der Waals surface area contributed by atoms with Gasteiger partial charge in [-0.25, -0.2) is 9.97 Å². The zero-order chi connectivity index (χ0) is 48.3. The molecule has 0 radical (unpaired) electrons. The number of hydrogen-bond donors (Lipinski definition) is 4. The third-order valence-corrected chi connectivity index (χ3v) is 12.3. The van der Waals surface area contributed by atoms with Crippen molar-refractivity contribution >= 4 is 23.6 Å². The number of ether oxygens (including phenoxy) is 4. The molecule has 2 aliphatic rings. The molecule has 0 fully saturated rings. The van der Waals surface area contributed by atoms with Crippen LogP contribution in [0, 0.1) is 0 Å². The maximum atomic E-state index is 14.3. The minimum atomic E-state index is -0.861. The number of unbranched alkanes of at least 4 members (excludes halogenated alkanes) is 1. The molecule has 8 rings (SSSR count). The Bertz CT molecular complexity index is 2690. The maximum Gasteiger partial charge on any atom is 0.250 e. The van der Waals surface area contributed by atoms with Crippen molar-refractivity contribution in [3.8, 4) is 45.1 Å². The van der Waals surface area contributed by atoms with E-state index in [0.29, 0.717) is 55.5 Å². The van der Waals surface area contributed by atoms with Crippen LogP contribution in [-0.4, -0.2) is 93.9 Å². The summed E-state index contributed by atoms with van der Waals surface area (Å²) < 4.78 is 23.1. The quantitative estimate of drug-likeness (QED) is 0.0498. The number of nitrogens with one attached hydrogen (secondary N) is 4. The van der Waals surface area contributed by atoms with Gasteiger partial charge in [0.05, 0.1) is 50.1 Å². The van der Waals surface area contributed by atoms with Gasteiger partial charge in [0.25, 0.3) is 0 Å². The number of H-pyrrole nitrogens is 2. The number of methoxy groups -OCH3 is 2. The molecule has 0 saturated carbocycles. The van der Waals surface area contributed by atoms with Gasteiger partial charge >= 0.3 is 0 Å². The molecule has 0 bridgehead atoms. The number of hydrogen-bond acceptors (Lipinski definition) is 10. The number of amides is 4.